The zero-order valence-corrected chi connectivity index (χ0v) is 30.9. The number of carbonyl (C=O) groups excluding carboxylic acids is 2. The maximum atomic E-state index is 12.4. The lowest BCUT2D eigenvalue weighted by atomic mass is 10.1. The van der Waals surface area contributed by atoms with Crippen LogP contribution in [0, 0.1) is 23.7 Å². The summed E-state index contributed by atoms with van der Waals surface area (Å²) in [5, 5.41) is 0. The molecule has 0 aromatic rings. The van der Waals surface area contributed by atoms with E-state index in [1.807, 2.05) is 19.0 Å². The fourth-order valence-corrected chi connectivity index (χ4v) is 5.47. The molecule has 0 aromatic carbocycles. The van der Waals surface area contributed by atoms with E-state index in [1.54, 1.807) is 0 Å². The van der Waals surface area contributed by atoms with Crippen LogP contribution < -0.4 is 0 Å². The van der Waals surface area contributed by atoms with E-state index in [0.29, 0.717) is 19.4 Å². The molecule has 0 aliphatic carbocycles. The van der Waals surface area contributed by atoms with Crippen molar-refractivity contribution in [1.29, 1.82) is 0 Å². The molecule has 0 amide bonds. The van der Waals surface area contributed by atoms with Crippen LogP contribution in [0.25, 0.3) is 0 Å². The second-order valence-electron chi connectivity index (χ2n) is 13.3. The van der Waals surface area contributed by atoms with Crippen molar-refractivity contribution in [3.8, 4) is 23.7 Å². The fraction of sp³-hybridized carbons (Fsp3) is 0.854. The predicted molar refractivity (Wildman–Crippen MR) is 196 cm³/mol. The third kappa shape index (κ3) is 34.9. The number of likely N-dealkylation sites (N-methyl/N-ethyl adjacent to an activating group) is 1. The Morgan fingerprint density at radius 3 is 1.24 bits per heavy atom. The summed E-state index contributed by atoms with van der Waals surface area (Å²) in [5.41, 5.74) is 0. The smallest absolute Gasteiger partial charge is 0.307 e. The average Bonchev–Trinajstić information content (AvgIpc) is 3.03. The Morgan fingerprint density at radius 2 is 0.848 bits per heavy atom. The monoisotopic (exact) mass is 644 g/mol. The third-order valence-corrected chi connectivity index (χ3v) is 8.27. The molecule has 0 rings (SSSR count). The first-order valence-corrected chi connectivity index (χ1v) is 19.4. The Bertz CT molecular complexity index is 816. The lowest BCUT2D eigenvalue weighted by Gasteiger charge is -2.21. The lowest BCUT2D eigenvalue weighted by molar-refractivity contribution is -0.159. The Morgan fingerprint density at radius 1 is 0.500 bits per heavy atom. The second kappa shape index (κ2) is 35.9. The van der Waals surface area contributed by atoms with Crippen LogP contribution in [0.2, 0.25) is 0 Å². The largest absolute Gasteiger partial charge is 0.462 e. The van der Waals surface area contributed by atoms with Crippen LogP contribution in [-0.4, -0.2) is 50.2 Å². The number of unbranched alkanes of at least 4 members (excludes halogenated alkanes) is 22. The Hall–Kier alpha value is -1.98. The van der Waals surface area contributed by atoms with Crippen LogP contribution in [0.3, 0.4) is 0 Å². The van der Waals surface area contributed by atoms with Gasteiger partial charge in [0.2, 0.25) is 0 Å². The molecule has 46 heavy (non-hydrogen) atoms. The van der Waals surface area contributed by atoms with Gasteiger partial charge in [-0.05, 0) is 26.9 Å². The minimum absolute atomic E-state index is 0.0689. The number of ether oxygens (including phenoxy) is 2. The maximum Gasteiger partial charge on any atom is 0.307 e. The molecule has 0 aliphatic heterocycles. The van der Waals surface area contributed by atoms with Crippen molar-refractivity contribution in [2.45, 2.75) is 200 Å². The molecule has 5 heteroatoms. The first kappa shape index (κ1) is 44.0. The van der Waals surface area contributed by atoms with Gasteiger partial charge in [0.15, 0.2) is 0 Å². The van der Waals surface area contributed by atoms with Crippen LogP contribution in [0.4, 0.5) is 0 Å². The summed E-state index contributed by atoms with van der Waals surface area (Å²) in [6.45, 7) is 5.10. The lowest BCUT2D eigenvalue weighted by Crippen LogP contribution is -2.34. The number of nitrogens with zero attached hydrogens (tertiary/aromatic N) is 1. The van der Waals surface area contributed by atoms with E-state index in [-0.39, 0.29) is 31.4 Å². The van der Waals surface area contributed by atoms with Gasteiger partial charge in [-0.1, -0.05) is 142 Å². The van der Waals surface area contributed by atoms with Gasteiger partial charge in [-0.3, -0.25) is 9.59 Å². The molecular weight excluding hydrogens is 570 g/mol. The molecule has 0 fully saturated rings. The summed E-state index contributed by atoms with van der Waals surface area (Å²) in [6.07, 6.45) is 32.1. The molecule has 0 aromatic heterocycles. The molecule has 266 valence electrons. The molecule has 0 heterocycles. The molecule has 0 saturated heterocycles. The van der Waals surface area contributed by atoms with Crippen molar-refractivity contribution >= 4 is 11.9 Å². The van der Waals surface area contributed by atoms with Crippen LogP contribution in [0.15, 0.2) is 0 Å². The minimum atomic E-state index is -0.483. The van der Waals surface area contributed by atoms with Crippen molar-refractivity contribution in [2.24, 2.45) is 0 Å². The molecular formula is C41H73NO4. The normalized spacial score (nSPS) is 11.4. The fourth-order valence-electron chi connectivity index (χ4n) is 5.47. The molecule has 1 unspecified atom stereocenters. The highest BCUT2D eigenvalue weighted by Crippen LogP contribution is 2.13. The summed E-state index contributed by atoms with van der Waals surface area (Å²) in [5.74, 6) is 12.0. The second-order valence-corrected chi connectivity index (χ2v) is 13.3. The zero-order chi connectivity index (χ0) is 33.8. The van der Waals surface area contributed by atoms with E-state index in [0.717, 1.165) is 25.7 Å². The molecule has 0 N–H and O–H groups in total. The Kier molecular flexibility index (Phi) is 34.3. The molecule has 1 atom stereocenters. The van der Waals surface area contributed by atoms with Gasteiger partial charge in [0, 0.05) is 32.2 Å². The summed E-state index contributed by atoms with van der Waals surface area (Å²) in [6, 6.07) is 0. The van der Waals surface area contributed by atoms with Gasteiger partial charge in [0.05, 0.1) is 12.8 Å². The van der Waals surface area contributed by atoms with Gasteiger partial charge in [0.1, 0.15) is 12.7 Å². The predicted octanol–water partition coefficient (Wildman–Crippen LogP) is 11.0. The first-order chi connectivity index (χ1) is 22.5. The van der Waals surface area contributed by atoms with Crippen molar-refractivity contribution in [2.75, 3.05) is 27.2 Å². The van der Waals surface area contributed by atoms with E-state index in [4.69, 9.17) is 9.47 Å². The average molecular weight is 644 g/mol. The Balaban J connectivity index is 3.87. The van der Waals surface area contributed by atoms with Crippen LogP contribution in [0.1, 0.15) is 194 Å². The number of rotatable bonds is 31. The van der Waals surface area contributed by atoms with E-state index in [2.05, 4.69) is 37.5 Å². The van der Waals surface area contributed by atoms with Crippen LogP contribution in [0.5, 0.6) is 0 Å². The standard InChI is InChI=1S/C41H73NO4/c1-5-7-9-11-13-15-17-19-21-23-25-27-29-31-33-35-40(43)45-38-39(37-42(3)4)46-41(44)36-34-32-30-28-26-24-22-20-18-16-14-12-10-8-6-2/h39H,5-28,33-38H2,1-4H3. The molecule has 0 saturated carbocycles. The highest BCUT2D eigenvalue weighted by molar-refractivity contribution is 5.70. The van der Waals surface area contributed by atoms with Gasteiger partial charge >= 0.3 is 11.9 Å². The maximum absolute atomic E-state index is 12.4. The quantitative estimate of drug-likeness (QED) is 0.0427. The van der Waals surface area contributed by atoms with Crippen LogP contribution >= 0.6 is 0 Å². The minimum Gasteiger partial charge on any atom is -0.462 e. The molecule has 0 radical (unpaired) electrons. The summed E-state index contributed by atoms with van der Waals surface area (Å²) < 4.78 is 11.0. The van der Waals surface area contributed by atoms with E-state index in [9.17, 15) is 9.59 Å². The van der Waals surface area contributed by atoms with Crippen molar-refractivity contribution < 1.29 is 19.1 Å². The van der Waals surface area contributed by atoms with E-state index >= 15 is 0 Å². The molecule has 0 spiro atoms. The van der Waals surface area contributed by atoms with Crippen molar-refractivity contribution in [3.05, 3.63) is 0 Å². The summed E-state index contributed by atoms with van der Waals surface area (Å²) in [4.78, 5) is 26.5. The van der Waals surface area contributed by atoms with E-state index < -0.39 is 6.10 Å². The van der Waals surface area contributed by atoms with Crippen molar-refractivity contribution in [1.82, 2.24) is 4.90 Å². The van der Waals surface area contributed by atoms with Gasteiger partial charge in [-0.2, -0.15) is 0 Å². The van der Waals surface area contributed by atoms with Gasteiger partial charge < -0.3 is 14.4 Å². The van der Waals surface area contributed by atoms with Gasteiger partial charge in [0.25, 0.3) is 0 Å². The molecule has 0 bridgehead atoms. The number of hydrogen-bond acceptors (Lipinski definition) is 5. The zero-order valence-electron chi connectivity index (χ0n) is 30.9. The summed E-state index contributed by atoms with van der Waals surface area (Å²) >= 11 is 0. The number of hydrogen-bond donors (Lipinski definition) is 0. The molecule has 0 aliphatic rings. The number of carbonyl (C=O) groups is 2. The van der Waals surface area contributed by atoms with Crippen molar-refractivity contribution in [3.63, 3.8) is 0 Å². The molecule has 5 nitrogen and oxygen atoms in total. The van der Waals surface area contributed by atoms with Gasteiger partial charge in [-0.25, -0.2) is 0 Å². The highest BCUT2D eigenvalue weighted by atomic mass is 16.6. The third-order valence-electron chi connectivity index (χ3n) is 8.27. The first-order valence-electron chi connectivity index (χ1n) is 19.4. The number of esters is 2. The summed E-state index contributed by atoms with van der Waals surface area (Å²) in [7, 11) is 3.82. The van der Waals surface area contributed by atoms with Crippen LogP contribution in [-0.2, 0) is 19.1 Å². The SMILES string of the molecule is CCCCCCCCCCCCCC#CCCC(=O)OCC(CN(C)C)OC(=O)CCC#CCCCCCCCCCCCCC. The Labute approximate surface area is 286 Å². The topological polar surface area (TPSA) is 55.8 Å². The van der Waals surface area contributed by atoms with Gasteiger partial charge in [-0.15, -0.1) is 23.7 Å². The highest BCUT2D eigenvalue weighted by Gasteiger charge is 2.17. The van der Waals surface area contributed by atoms with E-state index in [1.165, 1.54) is 128 Å².